The lowest BCUT2D eigenvalue weighted by Crippen LogP contribution is -2.45. The number of sulfonamides is 1. The molecule has 0 bridgehead atoms. The maximum Gasteiger partial charge on any atom is 0.253 e. The van der Waals surface area contributed by atoms with Gasteiger partial charge in [0.2, 0.25) is 10.0 Å². The van der Waals surface area contributed by atoms with Crippen LogP contribution < -0.4 is 9.62 Å². The highest BCUT2D eigenvalue weighted by molar-refractivity contribution is 7.89. The number of pyridine rings is 1. The summed E-state index contributed by atoms with van der Waals surface area (Å²) < 4.78 is 29.5. The molecule has 1 aliphatic carbocycles. The summed E-state index contributed by atoms with van der Waals surface area (Å²) in [5, 5.41) is -0.579. The maximum atomic E-state index is 13.4. The molecule has 1 amide bonds. The highest BCUT2D eigenvalue weighted by Crippen LogP contribution is 2.36. The molecule has 7 nitrogen and oxygen atoms in total. The molecule has 2 aliphatic rings. The van der Waals surface area contributed by atoms with Crippen molar-refractivity contribution in [3.05, 3.63) is 107 Å². The molecule has 0 saturated carbocycles. The number of aromatic nitrogens is 1. The number of rotatable bonds is 8. The third kappa shape index (κ3) is 5.73. The van der Waals surface area contributed by atoms with Gasteiger partial charge in [0, 0.05) is 60.9 Å². The molecule has 1 aromatic heterocycles. The van der Waals surface area contributed by atoms with Crippen molar-refractivity contribution in [2.24, 2.45) is 0 Å². The molecule has 1 unspecified atom stereocenters. The zero-order valence-electron chi connectivity index (χ0n) is 22.0. The molecule has 2 atom stereocenters. The number of halogens is 1. The molecule has 2 aromatic carbocycles. The van der Waals surface area contributed by atoms with Gasteiger partial charge in [-0.15, -0.1) is 6.58 Å². The molecule has 39 heavy (non-hydrogen) atoms. The Morgan fingerprint density at radius 3 is 2.54 bits per heavy atom. The number of carbonyl (C=O) groups is 1. The number of amides is 1. The number of aryl methyl sites for hydroxylation is 1. The van der Waals surface area contributed by atoms with Gasteiger partial charge in [0.15, 0.2) is 0 Å². The van der Waals surface area contributed by atoms with Gasteiger partial charge in [0.1, 0.15) is 5.25 Å². The van der Waals surface area contributed by atoms with Gasteiger partial charge >= 0.3 is 0 Å². The van der Waals surface area contributed by atoms with Crippen molar-refractivity contribution in [3.63, 3.8) is 0 Å². The van der Waals surface area contributed by atoms with Gasteiger partial charge in [-0.2, -0.15) is 0 Å². The zero-order chi connectivity index (χ0) is 27.6. The number of piperidine rings is 1. The van der Waals surface area contributed by atoms with E-state index in [2.05, 4.69) is 21.2 Å². The van der Waals surface area contributed by atoms with Crippen LogP contribution in [0.3, 0.4) is 0 Å². The van der Waals surface area contributed by atoms with E-state index in [1.165, 1.54) is 6.08 Å². The van der Waals surface area contributed by atoms with Crippen molar-refractivity contribution in [3.8, 4) is 0 Å². The molecule has 2 heterocycles. The van der Waals surface area contributed by atoms with Gasteiger partial charge in [-0.05, 0) is 72.7 Å². The molecule has 1 fully saturated rings. The van der Waals surface area contributed by atoms with E-state index in [1.807, 2.05) is 42.3 Å². The maximum absolute atomic E-state index is 13.4. The highest BCUT2D eigenvalue weighted by atomic mass is 35.5. The Hall–Kier alpha value is -3.20. The van der Waals surface area contributed by atoms with Crippen molar-refractivity contribution in [2.75, 3.05) is 25.0 Å². The largest absolute Gasteiger partial charge is 0.371 e. The second kappa shape index (κ2) is 11.5. The third-order valence-corrected chi connectivity index (χ3v) is 9.97. The average Bonchev–Trinajstić information content (AvgIpc) is 3.35. The Balaban J connectivity index is 1.25. The SMILES string of the molecule is C=CC(c1ccccc1Cl)S(=O)(=O)N[C@@H]1CCc2cc(C(=O)N(C)C3CCN(c4ccncc4)CC3)ccc21. The van der Waals surface area contributed by atoms with E-state index in [1.54, 1.807) is 36.7 Å². The van der Waals surface area contributed by atoms with Crippen molar-refractivity contribution >= 4 is 33.2 Å². The van der Waals surface area contributed by atoms with E-state index in [9.17, 15) is 13.2 Å². The summed E-state index contributed by atoms with van der Waals surface area (Å²) in [6.45, 7) is 5.52. The predicted octanol–water partition coefficient (Wildman–Crippen LogP) is 5.31. The molecule has 204 valence electrons. The summed E-state index contributed by atoms with van der Waals surface area (Å²) in [6.07, 6.45) is 8.13. The average molecular weight is 565 g/mol. The fourth-order valence-electron chi connectivity index (χ4n) is 5.71. The smallest absolute Gasteiger partial charge is 0.253 e. The van der Waals surface area contributed by atoms with Gasteiger partial charge in [0.25, 0.3) is 5.91 Å². The van der Waals surface area contributed by atoms with Gasteiger partial charge < -0.3 is 9.80 Å². The first-order valence-electron chi connectivity index (χ1n) is 13.2. The van der Waals surface area contributed by atoms with Gasteiger partial charge in [-0.3, -0.25) is 9.78 Å². The van der Waals surface area contributed by atoms with E-state index in [0.717, 1.165) is 42.7 Å². The number of anilines is 1. The first-order chi connectivity index (χ1) is 18.8. The van der Waals surface area contributed by atoms with Gasteiger partial charge in [0.05, 0.1) is 0 Å². The topological polar surface area (TPSA) is 82.6 Å². The fourth-order valence-corrected chi connectivity index (χ4v) is 7.61. The van der Waals surface area contributed by atoms with Crippen LogP contribution in [0.2, 0.25) is 5.02 Å². The first kappa shape index (κ1) is 27.4. The zero-order valence-corrected chi connectivity index (χ0v) is 23.5. The quantitative estimate of drug-likeness (QED) is 0.375. The summed E-state index contributed by atoms with van der Waals surface area (Å²) in [5.74, 6) is -0.00497. The number of benzene rings is 2. The Morgan fingerprint density at radius 1 is 1.13 bits per heavy atom. The van der Waals surface area contributed by atoms with Crippen LogP contribution in [0.4, 0.5) is 5.69 Å². The Labute approximate surface area is 235 Å². The summed E-state index contributed by atoms with van der Waals surface area (Å²) in [6, 6.07) is 16.4. The second-order valence-corrected chi connectivity index (χ2v) is 12.4. The van der Waals surface area contributed by atoms with Crippen LogP contribution >= 0.6 is 11.6 Å². The monoisotopic (exact) mass is 564 g/mol. The van der Waals surface area contributed by atoms with Crippen LogP contribution in [-0.4, -0.2) is 50.4 Å². The molecule has 1 N–H and O–H groups in total. The van der Waals surface area contributed by atoms with Crippen LogP contribution in [0.5, 0.6) is 0 Å². The minimum atomic E-state index is -3.79. The molecule has 0 spiro atoms. The molecular weight excluding hydrogens is 532 g/mol. The van der Waals surface area contributed by atoms with Crippen molar-refractivity contribution in [1.82, 2.24) is 14.6 Å². The minimum absolute atomic E-state index is 0.00497. The number of fused-ring (bicyclic) bond motifs is 1. The van der Waals surface area contributed by atoms with Crippen LogP contribution in [0.25, 0.3) is 0 Å². The van der Waals surface area contributed by atoms with Crippen molar-refractivity contribution in [2.45, 2.75) is 43.0 Å². The first-order valence-corrected chi connectivity index (χ1v) is 15.1. The van der Waals surface area contributed by atoms with Crippen LogP contribution in [0, 0.1) is 0 Å². The summed E-state index contributed by atoms with van der Waals surface area (Å²) in [7, 11) is -1.91. The molecular formula is C30H33ClN4O3S. The Morgan fingerprint density at radius 2 is 1.85 bits per heavy atom. The lowest BCUT2D eigenvalue weighted by molar-refractivity contribution is 0.0709. The number of hydrogen-bond acceptors (Lipinski definition) is 5. The lowest BCUT2D eigenvalue weighted by Gasteiger charge is -2.37. The Bertz CT molecular complexity index is 1460. The Kier molecular flexibility index (Phi) is 8.07. The number of carbonyl (C=O) groups excluding carboxylic acids is 1. The summed E-state index contributed by atoms with van der Waals surface area (Å²) >= 11 is 6.28. The van der Waals surface area contributed by atoms with Crippen LogP contribution in [0.15, 0.2) is 79.6 Å². The molecule has 0 radical (unpaired) electrons. The van der Waals surface area contributed by atoms with E-state index in [-0.39, 0.29) is 18.0 Å². The summed E-state index contributed by atoms with van der Waals surface area (Å²) in [5.41, 5.74) is 4.20. The normalized spacial score (nSPS) is 18.4. The number of nitrogens with zero attached hydrogens (tertiary/aromatic N) is 3. The minimum Gasteiger partial charge on any atom is -0.371 e. The van der Waals surface area contributed by atoms with Gasteiger partial charge in [-0.25, -0.2) is 13.1 Å². The number of nitrogens with one attached hydrogen (secondary N) is 1. The standard InChI is InChI=1S/C30H33ClN4O3S/c1-3-29(26-6-4-5-7-27(26)31)39(37,38)33-28-11-9-21-20-22(8-10-25(21)28)30(36)34(2)23-14-18-35(19-15-23)24-12-16-32-17-13-24/h3-8,10,12-13,16-17,20,23,28-29,33H,1,9,11,14-15,18-19H2,2H3/t28-,29?/m1/s1. The third-order valence-electron chi connectivity index (χ3n) is 7.89. The molecule has 9 heteroatoms. The highest BCUT2D eigenvalue weighted by Gasteiger charge is 2.33. The van der Waals surface area contributed by atoms with Gasteiger partial charge in [-0.1, -0.05) is 41.9 Å². The molecule has 3 aromatic rings. The van der Waals surface area contributed by atoms with E-state index < -0.39 is 15.3 Å². The predicted molar refractivity (Wildman–Crippen MR) is 156 cm³/mol. The van der Waals surface area contributed by atoms with E-state index in [0.29, 0.717) is 29.0 Å². The fraction of sp³-hybridized carbons (Fsp3) is 0.333. The molecule has 5 rings (SSSR count). The molecule has 1 aliphatic heterocycles. The van der Waals surface area contributed by atoms with Crippen LogP contribution in [-0.2, 0) is 16.4 Å². The van der Waals surface area contributed by atoms with E-state index >= 15 is 0 Å². The van der Waals surface area contributed by atoms with E-state index in [4.69, 9.17) is 11.6 Å². The van der Waals surface area contributed by atoms with Crippen molar-refractivity contribution < 1.29 is 13.2 Å². The van der Waals surface area contributed by atoms with Crippen molar-refractivity contribution in [1.29, 1.82) is 0 Å². The lowest BCUT2D eigenvalue weighted by atomic mass is 10.0. The molecule has 1 saturated heterocycles. The van der Waals surface area contributed by atoms with Crippen LogP contribution in [0.1, 0.15) is 57.6 Å². The summed E-state index contributed by atoms with van der Waals surface area (Å²) in [4.78, 5) is 21.7. The number of hydrogen-bond donors (Lipinski definition) is 1. The second-order valence-electron chi connectivity index (χ2n) is 10.2.